The molecule has 1 heterocycles. The Labute approximate surface area is 120 Å². The van der Waals surface area contributed by atoms with Gasteiger partial charge in [-0.3, -0.25) is 0 Å². The highest BCUT2D eigenvalue weighted by atomic mass is 35.5. The highest BCUT2D eigenvalue weighted by molar-refractivity contribution is 7.07. The second kappa shape index (κ2) is 4.72. The summed E-state index contributed by atoms with van der Waals surface area (Å²) < 4.78 is 2.31. The van der Waals surface area contributed by atoms with Gasteiger partial charge in [-0.2, -0.15) is 0 Å². The van der Waals surface area contributed by atoms with Crippen LogP contribution < -0.4 is 4.80 Å². The molecule has 1 saturated carbocycles. The minimum atomic E-state index is 0.546. The van der Waals surface area contributed by atoms with Crippen molar-refractivity contribution in [1.82, 2.24) is 4.57 Å². The number of rotatable bonds is 2. The molecule has 0 spiro atoms. The van der Waals surface area contributed by atoms with Crippen molar-refractivity contribution in [2.24, 2.45) is 4.99 Å². The minimum absolute atomic E-state index is 0.546. The summed E-state index contributed by atoms with van der Waals surface area (Å²) in [5, 5.41) is 3.26. The van der Waals surface area contributed by atoms with Crippen LogP contribution in [0.1, 0.15) is 24.6 Å². The first-order chi connectivity index (χ1) is 8.65. The van der Waals surface area contributed by atoms with Crippen LogP contribution in [-0.4, -0.2) is 4.57 Å². The van der Waals surface area contributed by atoms with Gasteiger partial charge in [0, 0.05) is 17.1 Å². The van der Waals surface area contributed by atoms with E-state index in [1.165, 1.54) is 18.5 Å². The Balaban J connectivity index is 2.08. The number of halogens is 2. The van der Waals surface area contributed by atoms with Gasteiger partial charge in [0.05, 0.1) is 15.7 Å². The summed E-state index contributed by atoms with van der Waals surface area (Å²) in [5.74, 6) is 0. The molecular weight excluding hydrogens is 287 g/mol. The quantitative estimate of drug-likeness (QED) is 0.762. The van der Waals surface area contributed by atoms with Crippen LogP contribution in [-0.2, 0) is 0 Å². The summed E-state index contributed by atoms with van der Waals surface area (Å²) in [4.78, 5) is 5.70. The smallest absolute Gasteiger partial charge is 0.190 e. The maximum Gasteiger partial charge on any atom is 0.190 e. The van der Waals surface area contributed by atoms with Crippen LogP contribution in [0.2, 0.25) is 10.0 Å². The molecule has 1 aromatic heterocycles. The van der Waals surface area contributed by atoms with E-state index in [4.69, 9.17) is 23.2 Å². The molecule has 0 N–H and O–H groups in total. The van der Waals surface area contributed by atoms with Crippen molar-refractivity contribution in [2.75, 3.05) is 0 Å². The van der Waals surface area contributed by atoms with E-state index in [1.807, 2.05) is 6.07 Å². The van der Waals surface area contributed by atoms with Gasteiger partial charge in [-0.05, 0) is 38.0 Å². The summed E-state index contributed by atoms with van der Waals surface area (Å²) in [6, 6.07) is 6.11. The molecule has 0 atom stereocenters. The Morgan fingerprint density at radius 2 is 2.06 bits per heavy atom. The van der Waals surface area contributed by atoms with Gasteiger partial charge in [-0.15, -0.1) is 11.3 Å². The van der Waals surface area contributed by atoms with E-state index in [9.17, 15) is 0 Å². The predicted molar refractivity (Wildman–Crippen MR) is 77.0 cm³/mol. The molecule has 0 radical (unpaired) electrons. The fourth-order valence-corrected chi connectivity index (χ4v) is 3.17. The molecule has 5 heteroatoms. The fourth-order valence-electron chi connectivity index (χ4n) is 1.92. The van der Waals surface area contributed by atoms with E-state index in [-0.39, 0.29) is 0 Å². The van der Waals surface area contributed by atoms with Gasteiger partial charge in [0.2, 0.25) is 0 Å². The maximum absolute atomic E-state index is 6.00. The molecule has 0 bridgehead atoms. The molecule has 1 aliphatic carbocycles. The number of hydrogen-bond acceptors (Lipinski definition) is 2. The second-order valence-corrected chi connectivity index (χ2v) is 6.12. The van der Waals surface area contributed by atoms with Crippen LogP contribution in [0.3, 0.4) is 0 Å². The van der Waals surface area contributed by atoms with Crippen molar-refractivity contribution in [2.45, 2.75) is 25.8 Å². The summed E-state index contributed by atoms with van der Waals surface area (Å²) in [7, 11) is 0. The van der Waals surface area contributed by atoms with Gasteiger partial charge in [0.1, 0.15) is 0 Å². The monoisotopic (exact) mass is 298 g/mol. The van der Waals surface area contributed by atoms with Crippen molar-refractivity contribution in [3.05, 3.63) is 44.1 Å². The van der Waals surface area contributed by atoms with Crippen LogP contribution in [0.5, 0.6) is 0 Å². The molecule has 1 fully saturated rings. The third-order valence-electron chi connectivity index (χ3n) is 2.96. The average Bonchev–Trinajstić information content (AvgIpc) is 3.10. The molecule has 0 saturated heterocycles. The molecule has 94 valence electrons. The number of hydrogen-bond donors (Lipinski definition) is 0. The van der Waals surface area contributed by atoms with E-state index in [2.05, 4.69) is 21.9 Å². The molecule has 2 nitrogen and oxygen atoms in total. The van der Waals surface area contributed by atoms with Crippen molar-refractivity contribution in [3.8, 4) is 0 Å². The molecule has 0 unspecified atom stereocenters. The SMILES string of the molecule is Cc1csc(=Nc2ccc(Cl)c(Cl)c2)n1C1CC1. The Kier molecular flexibility index (Phi) is 3.22. The Hall–Kier alpha value is -0.770. The van der Waals surface area contributed by atoms with E-state index in [0.717, 1.165) is 10.5 Å². The second-order valence-electron chi connectivity index (χ2n) is 4.47. The largest absolute Gasteiger partial charge is 0.318 e. The fraction of sp³-hybridized carbons (Fsp3) is 0.308. The minimum Gasteiger partial charge on any atom is -0.318 e. The van der Waals surface area contributed by atoms with Gasteiger partial charge >= 0.3 is 0 Å². The molecular formula is C13H12Cl2N2S. The zero-order chi connectivity index (χ0) is 12.7. The lowest BCUT2D eigenvalue weighted by atomic mass is 10.3. The molecule has 0 aliphatic heterocycles. The van der Waals surface area contributed by atoms with Gasteiger partial charge in [0.15, 0.2) is 4.80 Å². The predicted octanol–water partition coefficient (Wildman–Crippen LogP) is 4.73. The van der Waals surface area contributed by atoms with Crippen molar-refractivity contribution in [1.29, 1.82) is 0 Å². The third kappa shape index (κ3) is 2.35. The Morgan fingerprint density at radius 1 is 1.28 bits per heavy atom. The summed E-state index contributed by atoms with van der Waals surface area (Å²) in [6.07, 6.45) is 2.51. The first-order valence-electron chi connectivity index (χ1n) is 5.81. The van der Waals surface area contributed by atoms with E-state index in [0.29, 0.717) is 16.1 Å². The molecule has 1 aromatic carbocycles. The lowest BCUT2D eigenvalue weighted by molar-refractivity contribution is 0.693. The summed E-state index contributed by atoms with van der Waals surface area (Å²) in [5.41, 5.74) is 2.13. The number of aryl methyl sites for hydroxylation is 1. The number of aromatic nitrogens is 1. The van der Waals surface area contributed by atoms with E-state index < -0.39 is 0 Å². The first-order valence-corrected chi connectivity index (χ1v) is 7.45. The van der Waals surface area contributed by atoms with E-state index >= 15 is 0 Å². The number of nitrogens with zero attached hydrogens (tertiary/aromatic N) is 2. The highest BCUT2D eigenvalue weighted by Crippen LogP contribution is 2.35. The lowest BCUT2D eigenvalue weighted by Crippen LogP contribution is -2.14. The molecule has 0 amide bonds. The zero-order valence-electron chi connectivity index (χ0n) is 9.86. The molecule has 1 aliphatic rings. The Morgan fingerprint density at radius 3 is 2.72 bits per heavy atom. The molecule has 3 rings (SSSR count). The lowest BCUT2D eigenvalue weighted by Gasteiger charge is -2.02. The average molecular weight is 299 g/mol. The zero-order valence-corrected chi connectivity index (χ0v) is 12.2. The highest BCUT2D eigenvalue weighted by Gasteiger charge is 2.25. The van der Waals surface area contributed by atoms with Crippen LogP contribution in [0, 0.1) is 6.92 Å². The topological polar surface area (TPSA) is 17.3 Å². The van der Waals surface area contributed by atoms with E-state index in [1.54, 1.807) is 23.5 Å². The molecule has 18 heavy (non-hydrogen) atoms. The Bertz CT molecular complexity index is 653. The van der Waals surface area contributed by atoms with Gasteiger partial charge in [-0.1, -0.05) is 23.2 Å². The van der Waals surface area contributed by atoms with Crippen LogP contribution in [0.4, 0.5) is 5.69 Å². The summed E-state index contributed by atoms with van der Waals surface area (Å²) in [6.45, 7) is 2.13. The van der Waals surface area contributed by atoms with Crippen LogP contribution in [0.15, 0.2) is 28.6 Å². The standard InChI is InChI=1S/C13H12Cl2N2S/c1-8-7-18-13(17(8)10-3-4-10)16-9-2-5-11(14)12(15)6-9/h2,5-7,10H,3-4H2,1H3. The molecule has 2 aromatic rings. The van der Waals surface area contributed by atoms with Crippen molar-refractivity contribution < 1.29 is 0 Å². The summed E-state index contributed by atoms with van der Waals surface area (Å²) >= 11 is 13.6. The number of benzene rings is 1. The maximum atomic E-state index is 6.00. The van der Waals surface area contributed by atoms with Gasteiger partial charge in [-0.25, -0.2) is 4.99 Å². The van der Waals surface area contributed by atoms with Crippen molar-refractivity contribution >= 4 is 40.2 Å². The van der Waals surface area contributed by atoms with Gasteiger partial charge < -0.3 is 4.57 Å². The number of thiazole rings is 1. The van der Waals surface area contributed by atoms with Crippen LogP contribution in [0.25, 0.3) is 0 Å². The van der Waals surface area contributed by atoms with Gasteiger partial charge in [0.25, 0.3) is 0 Å². The normalized spacial score (nSPS) is 16.3. The third-order valence-corrected chi connectivity index (χ3v) is 4.66. The first kappa shape index (κ1) is 12.3. The van der Waals surface area contributed by atoms with Crippen molar-refractivity contribution in [3.63, 3.8) is 0 Å². The van der Waals surface area contributed by atoms with Crippen LogP contribution >= 0.6 is 34.5 Å².